The highest BCUT2D eigenvalue weighted by atomic mass is 16.5. The van der Waals surface area contributed by atoms with Gasteiger partial charge in [-0.15, -0.1) is 0 Å². The van der Waals surface area contributed by atoms with Gasteiger partial charge in [-0.2, -0.15) is 5.10 Å². The lowest BCUT2D eigenvalue weighted by molar-refractivity contribution is 0.0954. The Morgan fingerprint density at radius 3 is 2.41 bits per heavy atom. The van der Waals surface area contributed by atoms with Gasteiger partial charge in [0.1, 0.15) is 5.75 Å². The molecule has 0 atom stereocenters. The summed E-state index contributed by atoms with van der Waals surface area (Å²) in [5.74, 6) is 0.174. The van der Waals surface area contributed by atoms with E-state index in [-0.39, 0.29) is 11.8 Å². The average molecular weight is 387 g/mol. The van der Waals surface area contributed by atoms with Crippen LogP contribution in [0.25, 0.3) is 0 Å². The fraction of sp³-hybridized carbons (Fsp3) is 0.0870. The van der Waals surface area contributed by atoms with E-state index in [1.165, 1.54) is 6.21 Å². The number of hydrogen-bond acceptors (Lipinski definition) is 4. The number of aryl methyl sites for hydroxylation is 1. The predicted octanol–water partition coefficient (Wildman–Crippen LogP) is 4.02. The molecule has 146 valence electrons. The first-order valence-corrected chi connectivity index (χ1v) is 9.01. The zero-order valence-corrected chi connectivity index (χ0v) is 16.2. The number of nitrogens with zero attached hydrogens (tertiary/aromatic N) is 1. The number of carbonyl (C=O) groups excluding carboxylic acids is 2. The maximum atomic E-state index is 12.4. The summed E-state index contributed by atoms with van der Waals surface area (Å²) in [5.41, 5.74) is 5.83. The van der Waals surface area contributed by atoms with E-state index in [2.05, 4.69) is 15.8 Å². The van der Waals surface area contributed by atoms with Gasteiger partial charge in [0.05, 0.1) is 13.3 Å². The predicted molar refractivity (Wildman–Crippen MR) is 114 cm³/mol. The van der Waals surface area contributed by atoms with E-state index in [0.717, 1.165) is 11.1 Å². The number of amides is 2. The van der Waals surface area contributed by atoms with E-state index in [1.807, 2.05) is 49.4 Å². The summed E-state index contributed by atoms with van der Waals surface area (Å²) in [6.45, 7) is 1.88. The van der Waals surface area contributed by atoms with Gasteiger partial charge in [-0.25, -0.2) is 5.43 Å². The molecular weight excluding hydrogens is 366 g/mol. The third kappa shape index (κ3) is 5.29. The summed E-state index contributed by atoms with van der Waals surface area (Å²) in [5, 5.41) is 6.79. The Balaban J connectivity index is 1.59. The molecule has 2 amide bonds. The Morgan fingerprint density at radius 1 is 0.931 bits per heavy atom. The molecule has 0 aliphatic heterocycles. The number of rotatable bonds is 6. The Hall–Kier alpha value is -3.93. The van der Waals surface area contributed by atoms with Gasteiger partial charge in [-0.05, 0) is 60.5 Å². The number of nitrogens with one attached hydrogen (secondary N) is 2. The number of hydrazone groups is 1. The second kappa shape index (κ2) is 9.32. The molecule has 3 aromatic rings. The smallest absolute Gasteiger partial charge is 0.271 e. The maximum Gasteiger partial charge on any atom is 0.271 e. The first-order chi connectivity index (χ1) is 14.1. The number of benzene rings is 3. The monoisotopic (exact) mass is 387 g/mol. The second-order valence-corrected chi connectivity index (χ2v) is 6.32. The molecule has 0 aliphatic rings. The Morgan fingerprint density at radius 2 is 1.69 bits per heavy atom. The normalized spacial score (nSPS) is 10.6. The van der Waals surface area contributed by atoms with Crippen molar-refractivity contribution in [1.29, 1.82) is 0 Å². The fourth-order valence-corrected chi connectivity index (χ4v) is 2.68. The SMILES string of the molecule is COc1cccc(/C=N\NC(=O)c2ccc(NC(=O)c3ccccc3C)cc2)c1. The van der Waals surface area contributed by atoms with Crippen LogP contribution < -0.4 is 15.5 Å². The molecule has 3 rings (SSSR count). The van der Waals surface area contributed by atoms with Gasteiger partial charge < -0.3 is 10.1 Å². The third-order valence-electron chi connectivity index (χ3n) is 4.27. The number of hydrogen-bond donors (Lipinski definition) is 2. The summed E-state index contributed by atoms with van der Waals surface area (Å²) in [6.07, 6.45) is 1.54. The zero-order valence-electron chi connectivity index (χ0n) is 16.2. The Labute approximate surface area is 169 Å². The molecular formula is C23H21N3O3. The lowest BCUT2D eigenvalue weighted by Gasteiger charge is -2.08. The second-order valence-electron chi connectivity index (χ2n) is 6.32. The lowest BCUT2D eigenvalue weighted by Crippen LogP contribution is -2.18. The van der Waals surface area contributed by atoms with Gasteiger partial charge in [-0.3, -0.25) is 9.59 Å². The summed E-state index contributed by atoms with van der Waals surface area (Å²) in [4.78, 5) is 24.6. The molecule has 0 heterocycles. The van der Waals surface area contributed by atoms with Crippen LogP contribution in [0.15, 0.2) is 77.9 Å². The number of anilines is 1. The van der Waals surface area contributed by atoms with Gasteiger partial charge in [0.2, 0.25) is 0 Å². The van der Waals surface area contributed by atoms with Gasteiger partial charge in [0.15, 0.2) is 0 Å². The molecule has 6 heteroatoms. The van der Waals surface area contributed by atoms with E-state index >= 15 is 0 Å². The standard InChI is InChI=1S/C23H21N3O3/c1-16-6-3-4-9-21(16)23(28)25-19-12-10-18(11-13-19)22(27)26-24-15-17-7-5-8-20(14-17)29-2/h3-15H,1-2H3,(H,25,28)(H,26,27)/b24-15-. The third-order valence-corrected chi connectivity index (χ3v) is 4.27. The minimum absolute atomic E-state index is 0.191. The highest BCUT2D eigenvalue weighted by Crippen LogP contribution is 2.14. The van der Waals surface area contributed by atoms with Gasteiger partial charge in [-0.1, -0.05) is 30.3 Å². The quantitative estimate of drug-likeness (QED) is 0.495. The van der Waals surface area contributed by atoms with E-state index in [1.54, 1.807) is 37.4 Å². The number of ether oxygens (including phenoxy) is 1. The molecule has 2 N–H and O–H groups in total. The molecule has 0 fully saturated rings. The average Bonchev–Trinajstić information content (AvgIpc) is 2.74. The zero-order chi connectivity index (χ0) is 20.6. The van der Waals surface area contributed by atoms with E-state index in [9.17, 15) is 9.59 Å². The van der Waals surface area contributed by atoms with E-state index in [4.69, 9.17) is 4.74 Å². The number of methoxy groups -OCH3 is 1. The highest BCUT2D eigenvalue weighted by molar-refractivity contribution is 6.05. The van der Waals surface area contributed by atoms with Crippen LogP contribution in [-0.4, -0.2) is 25.1 Å². The van der Waals surface area contributed by atoms with Crippen molar-refractivity contribution in [3.63, 3.8) is 0 Å². The van der Waals surface area contributed by atoms with E-state index in [0.29, 0.717) is 22.6 Å². The van der Waals surface area contributed by atoms with Gasteiger partial charge in [0, 0.05) is 16.8 Å². The minimum atomic E-state index is -0.346. The Bertz CT molecular complexity index is 1040. The van der Waals surface area contributed by atoms with Crippen LogP contribution in [-0.2, 0) is 0 Å². The van der Waals surface area contributed by atoms with Gasteiger partial charge >= 0.3 is 0 Å². The molecule has 0 unspecified atom stereocenters. The summed E-state index contributed by atoms with van der Waals surface area (Å²) in [7, 11) is 1.59. The van der Waals surface area contributed by atoms with E-state index < -0.39 is 0 Å². The van der Waals surface area contributed by atoms with Crippen molar-refractivity contribution in [2.75, 3.05) is 12.4 Å². The largest absolute Gasteiger partial charge is 0.497 e. The van der Waals surface area contributed by atoms with Crippen LogP contribution in [0.5, 0.6) is 5.75 Å². The number of carbonyl (C=O) groups is 2. The summed E-state index contributed by atoms with van der Waals surface area (Å²) in [6, 6.07) is 21.3. The molecule has 0 saturated carbocycles. The minimum Gasteiger partial charge on any atom is -0.497 e. The van der Waals surface area contributed by atoms with Crippen molar-refractivity contribution in [3.05, 3.63) is 95.1 Å². The fourth-order valence-electron chi connectivity index (χ4n) is 2.68. The molecule has 0 aliphatic carbocycles. The van der Waals surface area contributed by atoms with Crippen LogP contribution in [0, 0.1) is 6.92 Å². The molecule has 29 heavy (non-hydrogen) atoms. The Kier molecular flexibility index (Phi) is 6.37. The molecule has 0 spiro atoms. The van der Waals surface area contributed by atoms with Crippen LogP contribution in [0.1, 0.15) is 31.8 Å². The van der Waals surface area contributed by atoms with Crippen LogP contribution >= 0.6 is 0 Å². The molecule has 6 nitrogen and oxygen atoms in total. The van der Waals surface area contributed by atoms with Crippen molar-refractivity contribution in [2.24, 2.45) is 5.10 Å². The van der Waals surface area contributed by atoms with Crippen molar-refractivity contribution < 1.29 is 14.3 Å². The summed E-state index contributed by atoms with van der Waals surface area (Å²) >= 11 is 0. The van der Waals surface area contributed by atoms with Crippen molar-refractivity contribution in [1.82, 2.24) is 5.43 Å². The molecule has 0 radical (unpaired) electrons. The first-order valence-electron chi connectivity index (χ1n) is 9.01. The highest BCUT2D eigenvalue weighted by Gasteiger charge is 2.09. The van der Waals surface area contributed by atoms with Crippen molar-refractivity contribution in [2.45, 2.75) is 6.92 Å². The van der Waals surface area contributed by atoms with Crippen LogP contribution in [0.3, 0.4) is 0 Å². The molecule has 0 aromatic heterocycles. The molecule has 0 saturated heterocycles. The van der Waals surface area contributed by atoms with Gasteiger partial charge in [0.25, 0.3) is 11.8 Å². The lowest BCUT2D eigenvalue weighted by atomic mass is 10.1. The molecule has 0 bridgehead atoms. The molecule has 3 aromatic carbocycles. The van der Waals surface area contributed by atoms with Crippen molar-refractivity contribution in [3.8, 4) is 5.75 Å². The topological polar surface area (TPSA) is 79.8 Å². The summed E-state index contributed by atoms with van der Waals surface area (Å²) < 4.78 is 5.15. The van der Waals surface area contributed by atoms with Crippen molar-refractivity contribution >= 4 is 23.7 Å². The first kappa shape index (κ1) is 19.8. The van der Waals surface area contributed by atoms with Crippen LogP contribution in [0.2, 0.25) is 0 Å². The van der Waals surface area contributed by atoms with Crippen LogP contribution in [0.4, 0.5) is 5.69 Å². The maximum absolute atomic E-state index is 12.4.